The summed E-state index contributed by atoms with van der Waals surface area (Å²) in [6.45, 7) is 5.49. The van der Waals surface area contributed by atoms with E-state index in [4.69, 9.17) is 0 Å². The third kappa shape index (κ3) is 5.39. The second-order valence-electron chi connectivity index (χ2n) is 7.13. The van der Waals surface area contributed by atoms with Crippen molar-refractivity contribution in [2.24, 2.45) is 0 Å². The van der Waals surface area contributed by atoms with Crippen LogP contribution in [0.5, 0.6) is 0 Å². The maximum atomic E-state index is 13.6. The molecule has 1 aliphatic heterocycles. The number of anilines is 1. The predicted molar refractivity (Wildman–Crippen MR) is 108 cm³/mol. The van der Waals surface area contributed by atoms with Gasteiger partial charge in [-0.15, -0.1) is 0 Å². The molecule has 0 saturated carbocycles. The second-order valence-corrected chi connectivity index (χ2v) is 7.13. The highest BCUT2D eigenvalue weighted by molar-refractivity contribution is 5.94. The van der Waals surface area contributed by atoms with E-state index in [1.54, 1.807) is 18.2 Å². The van der Waals surface area contributed by atoms with Crippen LogP contribution in [-0.2, 0) is 4.79 Å². The van der Waals surface area contributed by atoms with Crippen molar-refractivity contribution in [3.63, 3.8) is 0 Å². The molecule has 2 aromatic rings. The molecule has 0 bridgehead atoms. The van der Waals surface area contributed by atoms with Crippen LogP contribution >= 0.6 is 0 Å². The number of hydrogen-bond acceptors (Lipinski definition) is 3. The van der Waals surface area contributed by atoms with Gasteiger partial charge in [-0.1, -0.05) is 29.8 Å². The first-order valence-corrected chi connectivity index (χ1v) is 9.65. The van der Waals surface area contributed by atoms with Crippen molar-refractivity contribution in [2.45, 2.75) is 19.8 Å². The third-order valence-corrected chi connectivity index (χ3v) is 4.94. The summed E-state index contributed by atoms with van der Waals surface area (Å²) in [4.78, 5) is 28.9. The number of amides is 2. The van der Waals surface area contributed by atoms with Crippen molar-refractivity contribution >= 4 is 17.5 Å². The number of carbonyl (C=O) groups is 2. The van der Waals surface area contributed by atoms with E-state index in [0.29, 0.717) is 26.1 Å². The summed E-state index contributed by atoms with van der Waals surface area (Å²) in [6.07, 6.45) is 1.16. The van der Waals surface area contributed by atoms with E-state index >= 15 is 0 Å². The number of carbonyl (C=O) groups excluding carboxylic acids is 2. The van der Waals surface area contributed by atoms with Crippen LogP contribution in [0.4, 0.5) is 10.1 Å². The number of nitrogens with zero attached hydrogens (tertiary/aromatic N) is 2. The second kappa shape index (κ2) is 9.46. The number of benzene rings is 2. The molecule has 0 spiro atoms. The highest BCUT2D eigenvalue weighted by atomic mass is 19.1. The van der Waals surface area contributed by atoms with E-state index in [1.165, 1.54) is 6.07 Å². The molecule has 1 saturated heterocycles. The zero-order valence-corrected chi connectivity index (χ0v) is 16.2. The van der Waals surface area contributed by atoms with E-state index in [9.17, 15) is 14.0 Å². The lowest BCUT2D eigenvalue weighted by molar-refractivity contribution is -0.116. The smallest absolute Gasteiger partial charge is 0.253 e. The fourth-order valence-electron chi connectivity index (χ4n) is 3.39. The zero-order chi connectivity index (χ0) is 19.9. The maximum absolute atomic E-state index is 13.6. The van der Waals surface area contributed by atoms with Crippen LogP contribution in [0.1, 0.15) is 28.8 Å². The molecule has 1 fully saturated rings. The Morgan fingerprint density at radius 3 is 2.64 bits per heavy atom. The molecule has 5 nitrogen and oxygen atoms in total. The Bertz CT molecular complexity index is 840. The average molecular weight is 383 g/mol. The van der Waals surface area contributed by atoms with Gasteiger partial charge in [0.05, 0.1) is 5.69 Å². The minimum absolute atomic E-state index is 0.0582. The van der Waals surface area contributed by atoms with E-state index in [-0.39, 0.29) is 17.5 Å². The van der Waals surface area contributed by atoms with Gasteiger partial charge in [0, 0.05) is 38.2 Å². The summed E-state index contributed by atoms with van der Waals surface area (Å²) in [7, 11) is 0. The Morgan fingerprint density at radius 1 is 1.04 bits per heavy atom. The lowest BCUT2D eigenvalue weighted by Crippen LogP contribution is -2.36. The lowest BCUT2D eigenvalue weighted by Gasteiger charge is -2.22. The number of para-hydroxylation sites is 1. The highest BCUT2D eigenvalue weighted by Crippen LogP contribution is 2.14. The number of aryl methyl sites for hydroxylation is 1. The first-order chi connectivity index (χ1) is 13.5. The molecule has 2 amide bonds. The summed E-state index contributed by atoms with van der Waals surface area (Å²) in [5.41, 5.74) is 2.00. The van der Waals surface area contributed by atoms with Gasteiger partial charge in [0.2, 0.25) is 5.91 Å². The minimum atomic E-state index is -0.434. The molecule has 0 aromatic heterocycles. The highest BCUT2D eigenvalue weighted by Gasteiger charge is 2.20. The SMILES string of the molecule is Cc1cccc(C(=O)N2CCCN(CCC(=O)Nc3ccccc3F)CC2)c1. The van der Waals surface area contributed by atoms with Crippen molar-refractivity contribution in [1.82, 2.24) is 9.80 Å². The van der Waals surface area contributed by atoms with E-state index in [0.717, 1.165) is 30.6 Å². The molecule has 6 heteroatoms. The standard InChI is InChI=1S/C22H26FN3O2/c1-17-6-4-7-18(16-17)22(28)26-12-5-11-25(14-15-26)13-10-21(27)24-20-9-3-2-8-19(20)23/h2-4,6-9,16H,5,10-15H2,1H3,(H,24,27). The van der Waals surface area contributed by atoms with Crippen LogP contribution in [0, 0.1) is 12.7 Å². The molecular weight excluding hydrogens is 357 g/mol. The molecule has 1 aliphatic rings. The summed E-state index contributed by atoms with van der Waals surface area (Å²) >= 11 is 0. The first kappa shape index (κ1) is 20.0. The molecule has 148 valence electrons. The Morgan fingerprint density at radius 2 is 1.86 bits per heavy atom. The van der Waals surface area contributed by atoms with E-state index in [2.05, 4.69) is 10.2 Å². The van der Waals surface area contributed by atoms with Gasteiger partial charge >= 0.3 is 0 Å². The average Bonchev–Trinajstić information content (AvgIpc) is 2.93. The lowest BCUT2D eigenvalue weighted by atomic mass is 10.1. The third-order valence-electron chi connectivity index (χ3n) is 4.94. The van der Waals surface area contributed by atoms with Crippen molar-refractivity contribution in [1.29, 1.82) is 0 Å². The zero-order valence-electron chi connectivity index (χ0n) is 16.2. The number of halogens is 1. The predicted octanol–water partition coefficient (Wildman–Crippen LogP) is 3.31. The number of hydrogen-bond donors (Lipinski definition) is 1. The Kier molecular flexibility index (Phi) is 6.76. The van der Waals surface area contributed by atoms with Gasteiger partial charge in [-0.2, -0.15) is 0 Å². The van der Waals surface area contributed by atoms with Crippen LogP contribution in [0.25, 0.3) is 0 Å². The monoisotopic (exact) mass is 383 g/mol. The Balaban J connectivity index is 1.48. The first-order valence-electron chi connectivity index (χ1n) is 9.65. The fourth-order valence-corrected chi connectivity index (χ4v) is 3.39. The van der Waals surface area contributed by atoms with Gasteiger partial charge in [0.15, 0.2) is 0 Å². The molecule has 0 radical (unpaired) electrons. The fraction of sp³-hybridized carbons (Fsp3) is 0.364. The van der Waals surface area contributed by atoms with Crippen molar-refractivity contribution in [3.05, 3.63) is 65.5 Å². The summed E-state index contributed by atoms with van der Waals surface area (Å²) < 4.78 is 13.6. The van der Waals surface area contributed by atoms with Crippen molar-refractivity contribution < 1.29 is 14.0 Å². The van der Waals surface area contributed by atoms with E-state index in [1.807, 2.05) is 36.1 Å². The summed E-state index contributed by atoms with van der Waals surface area (Å²) in [5.74, 6) is -0.583. The molecule has 0 atom stereocenters. The van der Waals surface area contributed by atoms with Crippen LogP contribution in [0.3, 0.4) is 0 Å². The molecule has 1 N–H and O–H groups in total. The molecule has 0 unspecified atom stereocenters. The summed E-state index contributed by atoms with van der Waals surface area (Å²) in [6, 6.07) is 13.8. The molecular formula is C22H26FN3O2. The Hall–Kier alpha value is -2.73. The van der Waals surface area contributed by atoms with Gasteiger partial charge in [-0.3, -0.25) is 9.59 Å². The Labute approximate surface area is 165 Å². The van der Waals surface area contributed by atoms with Crippen LogP contribution in [0.2, 0.25) is 0 Å². The molecule has 1 heterocycles. The summed E-state index contributed by atoms with van der Waals surface area (Å²) in [5, 5.41) is 2.61. The van der Waals surface area contributed by atoms with Crippen LogP contribution in [0.15, 0.2) is 48.5 Å². The molecule has 3 rings (SSSR count). The van der Waals surface area contributed by atoms with Crippen LogP contribution in [-0.4, -0.2) is 54.3 Å². The van der Waals surface area contributed by atoms with Gasteiger partial charge < -0.3 is 15.1 Å². The molecule has 0 aliphatic carbocycles. The minimum Gasteiger partial charge on any atom is -0.337 e. The van der Waals surface area contributed by atoms with Gasteiger partial charge in [-0.05, 0) is 44.2 Å². The van der Waals surface area contributed by atoms with Gasteiger partial charge in [0.1, 0.15) is 5.82 Å². The van der Waals surface area contributed by atoms with Crippen molar-refractivity contribution in [3.8, 4) is 0 Å². The van der Waals surface area contributed by atoms with E-state index < -0.39 is 5.82 Å². The van der Waals surface area contributed by atoms with Crippen LogP contribution < -0.4 is 5.32 Å². The quantitative estimate of drug-likeness (QED) is 0.862. The number of rotatable bonds is 5. The maximum Gasteiger partial charge on any atom is 0.253 e. The van der Waals surface area contributed by atoms with Gasteiger partial charge in [0.25, 0.3) is 5.91 Å². The topological polar surface area (TPSA) is 52.7 Å². The number of nitrogens with one attached hydrogen (secondary N) is 1. The van der Waals surface area contributed by atoms with Crippen molar-refractivity contribution in [2.75, 3.05) is 38.0 Å². The molecule has 28 heavy (non-hydrogen) atoms. The largest absolute Gasteiger partial charge is 0.337 e. The normalized spacial score (nSPS) is 15.1. The van der Waals surface area contributed by atoms with Gasteiger partial charge in [-0.25, -0.2) is 4.39 Å². The molecule has 2 aromatic carbocycles.